The van der Waals surface area contributed by atoms with Crippen LogP contribution in [-0.4, -0.2) is 58.4 Å². The highest BCUT2D eigenvalue weighted by Crippen LogP contribution is 2.39. The molecule has 6 heteroatoms. The lowest BCUT2D eigenvalue weighted by molar-refractivity contribution is -0.0367. The molecule has 196 valence electrons. The summed E-state index contributed by atoms with van der Waals surface area (Å²) in [6.45, 7) is 9.00. The van der Waals surface area contributed by atoms with E-state index in [2.05, 4.69) is 29.2 Å². The normalized spacial score (nSPS) is 19.5. The molecule has 1 heterocycles. The van der Waals surface area contributed by atoms with Crippen molar-refractivity contribution in [3.8, 4) is 5.75 Å². The van der Waals surface area contributed by atoms with Gasteiger partial charge in [0.15, 0.2) is 0 Å². The molecule has 1 atom stereocenters. The first-order valence-corrected chi connectivity index (χ1v) is 13.4. The van der Waals surface area contributed by atoms with E-state index in [4.69, 9.17) is 9.47 Å². The number of ether oxygens (including phenoxy) is 2. The monoisotopic (exact) mass is 494 g/mol. The van der Waals surface area contributed by atoms with Gasteiger partial charge in [0, 0.05) is 32.2 Å². The van der Waals surface area contributed by atoms with Crippen LogP contribution in [0.1, 0.15) is 76.5 Å². The zero-order valence-corrected chi connectivity index (χ0v) is 22.1. The molecule has 2 aromatic rings. The van der Waals surface area contributed by atoms with Gasteiger partial charge in [0.05, 0.1) is 5.60 Å². The fourth-order valence-corrected chi connectivity index (χ4v) is 5.30. The number of hydrogen-bond donors (Lipinski definition) is 1. The first kappa shape index (κ1) is 26.5. The Morgan fingerprint density at radius 2 is 1.58 bits per heavy atom. The third-order valence-corrected chi connectivity index (χ3v) is 7.28. The van der Waals surface area contributed by atoms with Crippen LogP contribution in [0.3, 0.4) is 0 Å². The zero-order valence-electron chi connectivity index (χ0n) is 22.1. The summed E-state index contributed by atoms with van der Waals surface area (Å²) in [6, 6.07) is 18.6. The summed E-state index contributed by atoms with van der Waals surface area (Å²) in [5.74, 6) is 0.840. The maximum Gasteiger partial charge on any atom is 0.410 e. The van der Waals surface area contributed by atoms with Gasteiger partial charge >= 0.3 is 6.09 Å². The molecule has 6 nitrogen and oxygen atoms in total. The predicted octanol–water partition coefficient (Wildman–Crippen LogP) is 5.94. The van der Waals surface area contributed by atoms with E-state index in [-0.39, 0.29) is 12.1 Å². The smallest absolute Gasteiger partial charge is 0.410 e. The van der Waals surface area contributed by atoms with Gasteiger partial charge in [-0.1, -0.05) is 61.7 Å². The molecular weight excluding hydrogens is 452 g/mol. The van der Waals surface area contributed by atoms with Crippen LogP contribution in [0, 0.1) is 0 Å². The molecule has 0 radical (unpaired) electrons. The molecule has 1 unspecified atom stereocenters. The van der Waals surface area contributed by atoms with Crippen molar-refractivity contribution in [2.75, 3.05) is 26.2 Å². The number of piperazine rings is 1. The van der Waals surface area contributed by atoms with Crippen LogP contribution >= 0.6 is 0 Å². The van der Waals surface area contributed by atoms with Gasteiger partial charge in [-0.25, -0.2) is 4.79 Å². The van der Waals surface area contributed by atoms with Gasteiger partial charge in [-0.3, -0.25) is 4.90 Å². The zero-order chi connectivity index (χ0) is 25.6. The molecule has 36 heavy (non-hydrogen) atoms. The topological polar surface area (TPSA) is 62.2 Å². The second-order valence-corrected chi connectivity index (χ2v) is 11.4. The number of hydrogen-bond acceptors (Lipinski definition) is 5. The maximum atomic E-state index is 12.6. The van der Waals surface area contributed by atoms with Gasteiger partial charge in [0.2, 0.25) is 0 Å². The molecule has 1 aliphatic carbocycles. The third kappa shape index (κ3) is 7.47. The van der Waals surface area contributed by atoms with E-state index in [0.717, 1.165) is 50.1 Å². The van der Waals surface area contributed by atoms with Crippen LogP contribution in [-0.2, 0) is 11.3 Å². The van der Waals surface area contributed by atoms with Gasteiger partial charge in [-0.05, 0) is 63.3 Å². The summed E-state index contributed by atoms with van der Waals surface area (Å²) < 4.78 is 11.6. The average Bonchev–Trinajstić information content (AvgIpc) is 2.87. The summed E-state index contributed by atoms with van der Waals surface area (Å²) in [4.78, 5) is 16.8. The number of amides is 1. The Labute approximate surface area is 216 Å². The third-order valence-electron chi connectivity index (χ3n) is 7.28. The Balaban J connectivity index is 1.44. The lowest BCUT2D eigenvalue weighted by atomic mass is 9.79. The van der Waals surface area contributed by atoms with Crippen molar-refractivity contribution < 1.29 is 19.4 Å². The fraction of sp³-hybridized carbons (Fsp3) is 0.567. The van der Waals surface area contributed by atoms with Crippen molar-refractivity contribution in [2.24, 2.45) is 0 Å². The van der Waals surface area contributed by atoms with Crippen LogP contribution in [0.15, 0.2) is 54.6 Å². The standard InChI is InChI=1S/C30H42N2O4/c1-29(2,3)36-28(33)32-20-18-31(19-21-32)27(22-30(34)16-8-5-9-17-30)25-12-14-26(15-13-25)35-23-24-10-6-4-7-11-24/h4,6-7,10-15,27,34H,5,8-9,16-23H2,1-3H3. The van der Waals surface area contributed by atoms with Crippen molar-refractivity contribution >= 4 is 6.09 Å². The maximum absolute atomic E-state index is 12.6. The van der Waals surface area contributed by atoms with Crippen LogP contribution in [0.4, 0.5) is 4.79 Å². The summed E-state index contributed by atoms with van der Waals surface area (Å²) >= 11 is 0. The Hall–Kier alpha value is -2.57. The molecule has 0 bridgehead atoms. The highest BCUT2D eigenvalue weighted by Gasteiger charge is 2.36. The Morgan fingerprint density at radius 3 is 2.19 bits per heavy atom. The van der Waals surface area contributed by atoms with E-state index in [1.807, 2.05) is 51.1 Å². The lowest BCUT2D eigenvalue weighted by Crippen LogP contribution is -2.51. The largest absolute Gasteiger partial charge is 0.489 e. The van der Waals surface area contributed by atoms with Crippen molar-refractivity contribution in [1.82, 2.24) is 9.80 Å². The van der Waals surface area contributed by atoms with Gasteiger partial charge in [-0.15, -0.1) is 0 Å². The quantitative estimate of drug-likeness (QED) is 0.516. The van der Waals surface area contributed by atoms with Crippen molar-refractivity contribution in [3.63, 3.8) is 0 Å². The molecule has 1 saturated carbocycles. The molecule has 2 aromatic carbocycles. The molecule has 2 fully saturated rings. The van der Waals surface area contributed by atoms with E-state index in [1.165, 1.54) is 12.0 Å². The summed E-state index contributed by atoms with van der Waals surface area (Å²) in [7, 11) is 0. The van der Waals surface area contributed by atoms with Crippen molar-refractivity contribution in [2.45, 2.75) is 83.1 Å². The van der Waals surface area contributed by atoms with Crippen LogP contribution in [0.25, 0.3) is 0 Å². The van der Waals surface area contributed by atoms with Gasteiger partial charge in [-0.2, -0.15) is 0 Å². The number of nitrogens with zero attached hydrogens (tertiary/aromatic N) is 2. The first-order chi connectivity index (χ1) is 17.2. The number of carbonyl (C=O) groups excluding carboxylic acids is 1. The van der Waals surface area contributed by atoms with Crippen molar-refractivity contribution in [3.05, 3.63) is 65.7 Å². The number of carbonyl (C=O) groups is 1. The Bertz CT molecular complexity index is 957. The molecule has 1 amide bonds. The Kier molecular flexibility index (Phi) is 8.58. The molecular formula is C30H42N2O4. The molecule has 4 rings (SSSR count). The minimum absolute atomic E-state index is 0.0945. The van der Waals surface area contributed by atoms with Gasteiger partial charge in [0.25, 0.3) is 0 Å². The van der Waals surface area contributed by atoms with E-state index < -0.39 is 11.2 Å². The summed E-state index contributed by atoms with van der Waals surface area (Å²) in [6.07, 6.45) is 5.56. The number of rotatable bonds is 7. The molecule has 0 aromatic heterocycles. The minimum Gasteiger partial charge on any atom is -0.489 e. The van der Waals surface area contributed by atoms with E-state index in [9.17, 15) is 9.90 Å². The van der Waals surface area contributed by atoms with Crippen LogP contribution in [0.2, 0.25) is 0 Å². The number of aliphatic hydroxyl groups is 1. The van der Waals surface area contributed by atoms with Crippen LogP contribution < -0.4 is 4.74 Å². The van der Waals surface area contributed by atoms with Gasteiger partial charge in [0.1, 0.15) is 18.0 Å². The predicted molar refractivity (Wildman–Crippen MR) is 142 cm³/mol. The molecule has 2 aliphatic rings. The second-order valence-electron chi connectivity index (χ2n) is 11.4. The fourth-order valence-electron chi connectivity index (χ4n) is 5.30. The highest BCUT2D eigenvalue weighted by atomic mass is 16.6. The summed E-state index contributed by atoms with van der Waals surface area (Å²) in [5.41, 5.74) is 1.20. The lowest BCUT2D eigenvalue weighted by Gasteiger charge is -2.43. The molecule has 0 spiro atoms. The first-order valence-electron chi connectivity index (χ1n) is 13.4. The number of benzene rings is 2. The van der Waals surface area contributed by atoms with Gasteiger partial charge < -0.3 is 19.5 Å². The second kappa shape index (κ2) is 11.7. The SMILES string of the molecule is CC(C)(C)OC(=O)N1CCN(C(CC2(O)CCCCC2)c2ccc(OCc3ccccc3)cc2)CC1. The molecule has 1 N–H and O–H groups in total. The van der Waals surface area contributed by atoms with E-state index in [0.29, 0.717) is 26.1 Å². The molecule has 1 saturated heterocycles. The highest BCUT2D eigenvalue weighted by molar-refractivity contribution is 5.68. The van der Waals surface area contributed by atoms with Crippen molar-refractivity contribution in [1.29, 1.82) is 0 Å². The average molecular weight is 495 g/mol. The molecule has 1 aliphatic heterocycles. The van der Waals surface area contributed by atoms with E-state index in [1.54, 1.807) is 4.90 Å². The summed E-state index contributed by atoms with van der Waals surface area (Å²) in [5, 5.41) is 11.4. The minimum atomic E-state index is -0.631. The van der Waals surface area contributed by atoms with Crippen LogP contribution in [0.5, 0.6) is 5.75 Å². The van der Waals surface area contributed by atoms with E-state index >= 15 is 0 Å². The Morgan fingerprint density at radius 1 is 0.944 bits per heavy atom.